The molecule has 0 aliphatic rings. The summed E-state index contributed by atoms with van der Waals surface area (Å²) in [5.41, 5.74) is 0. The minimum atomic E-state index is -0.00841. The van der Waals surface area contributed by atoms with Crippen LogP contribution in [-0.2, 0) is 4.79 Å². The number of nitrogens with zero attached hydrogens (tertiary/aromatic N) is 1. The molecule has 5 nitrogen and oxygen atoms in total. The Labute approximate surface area is 98.1 Å². The Kier molecular flexibility index (Phi) is 8.29. The fourth-order valence-electron chi connectivity index (χ4n) is 1.04. The van der Waals surface area contributed by atoms with Crippen LogP contribution in [0, 0.1) is 5.92 Å². The molecular formula is C11H24N4O. The SMILES string of the molecule is CCNC(=NCC(C)C)NCCNC(C)=O. The Morgan fingerprint density at radius 3 is 2.31 bits per heavy atom. The Hall–Kier alpha value is -1.26. The van der Waals surface area contributed by atoms with Crippen molar-refractivity contribution in [2.75, 3.05) is 26.2 Å². The molecule has 16 heavy (non-hydrogen) atoms. The summed E-state index contributed by atoms with van der Waals surface area (Å²) < 4.78 is 0. The van der Waals surface area contributed by atoms with E-state index in [4.69, 9.17) is 0 Å². The first-order valence-electron chi connectivity index (χ1n) is 5.82. The maximum absolute atomic E-state index is 10.6. The van der Waals surface area contributed by atoms with Crippen LogP contribution in [0.2, 0.25) is 0 Å². The lowest BCUT2D eigenvalue weighted by molar-refractivity contribution is -0.118. The molecule has 0 bridgehead atoms. The summed E-state index contributed by atoms with van der Waals surface area (Å²) in [5.74, 6) is 1.35. The minimum Gasteiger partial charge on any atom is -0.357 e. The molecule has 0 aromatic rings. The Morgan fingerprint density at radius 1 is 1.19 bits per heavy atom. The van der Waals surface area contributed by atoms with Gasteiger partial charge < -0.3 is 16.0 Å². The van der Waals surface area contributed by atoms with Gasteiger partial charge in [0.05, 0.1) is 0 Å². The van der Waals surface area contributed by atoms with Crippen molar-refractivity contribution in [2.45, 2.75) is 27.7 Å². The number of nitrogens with one attached hydrogen (secondary N) is 3. The minimum absolute atomic E-state index is 0.00841. The average Bonchev–Trinajstić information content (AvgIpc) is 2.20. The summed E-state index contributed by atoms with van der Waals surface area (Å²) in [6.07, 6.45) is 0. The maximum Gasteiger partial charge on any atom is 0.216 e. The van der Waals surface area contributed by atoms with Gasteiger partial charge in [-0.3, -0.25) is 9.79 Å². The Balaban J connectivity index is 3.84. The van der Waals surface area contributed by atoms with Gasteiger partial charge in [0.15, 0.2) is 5.96 Å². The zero-order valence-electron chi connectivity index (χ0n) is 10.8. The van der Waals surface area contributed by atoms with E-state index in [2.05, 4.69) is 34.8 Å². The Morgan fingerprint density at radius 2 is 1.81 bits per heavy atom. The van der Waals surface area contributed by atoms with Gasteiger partial charge in [0.1, 0.15) is 0 Å². The van der Waals surface area contributed by atoms with Gasteiger partial charge in [-0.25, -0.2) is 0 Å². The van der Waals surface area contributed by atoms with Crippen LogP contribution in [0.1, 0.15) is 27.7 Å². The van der Waals surface area contributed by atoms with E-state index >= 15 is 0 Å². The van der Waals surface area contributed by atoms with Gasteiger partial charge in [-0.05, 0) is 12.8 Å². The van der Waals surface area contributed by atoms with Crippen LogP contribution < -0.4 is 16.0 Å². The van der Waals surface area contributed by atoms with Crippen molar-refractivity contribution in [1.82, 2.24) is 16.0 Å². The average molecular weight is 228 g/mol. The molecule has 5 heteroatoms. The van der Waals surface area contributed by atoms with Crippen molar-refractivity contribution in [3.8, 4) is 0 Å². The number of hydrogen-bond donors (Lipinski definition) is 3. The lowest BCUT2D eigenvalue weighted by Crippen LogP contribution is -2.41. The summed E-state index contributed by atoms with van der Waals surface area (Å²) in [7, 11) is 0. The molecule has 3 N–H and O–H groups in total. The summed E-state index contributed by atoms with van der Waals surface area (Å²) >= 11 is 0. The lowest BCUT2D eigenvalue weighted by Gasteiger charge is -2.12. The first-order chi connectivity index (χ1) is 7.56. The third kappa shape index (κ3) is 9.30. The van der Waals surface area contributed by atoms with E-state index in [9.17, 15) is 4.79 Å². The zero-order chi connectivity index (χ0) is 12.4. The summed E-state index contributed by atoms with van der Waals surface area (Å²) in [4.78, 5) is 15.1. The molecule has 0 saturated heterocycles. The van der Waals surface area contributed by atoms with Gasteiger partial charge in [0.2, 0.25) is 5.91 Å². The second-order valence-corrected chi connectivity index (χ2v) is 4.02. The summed E-state index contributed by atoms with van der Waals surface area (Å²) in [6.45, 7) is 10.7. The van der Waals surface area contributed by atoms with Crippen LogP contribution in [0.5, 0.6) is 0 Å². The monoisotopic (exact) mass is 228 g/mol. The lowest BCUT2D eigenvalue weighted by atomic mass is 10.2. The van der Waals surface area contributed by atoms with Crippen LogP contribution in [0.15, 0.2) is 4.99 Å². The second kappa shape index (κ2) is 9.00. The zero-order valence-corrected chi connectivity index (χ0v) is 10.8. The number of carbonyl (C=O) groups is 1. The van der Waals surface area contributed by atoms with Gasteiger partial charge >= 0.3 is 0 Å². The van der Waals surface area contributed by atoms with Gasteiger partial charge in [0.25, 0.3) is 0 Å². The molecule has 0 aliphatic carbocycles. The third-order valence-corrected chi connectivity index (χ3v) is 1.75. The number of guanidine groups is 1. The van der Waals surface area contributed by atoms with Gasteiger partial charge in [-0.1, -0.05) is 13.8 Å². The number of carbonyl (C=O) groups excluding carboxylic acids is 1. The van der Waals surface area contributed by atoms with Crippen LogP contribution in [0.25, 0.3) is 0 Å². The number of hydrogen-bond acceptors (Lipinski definition) is 2. The van der Waals surface area contributed by atoms with Gasteiger partial charge in [-0.15, -0.1) is 0 Å². The van der Waals surface area contributed by atoms with E-state index in [0.717, 1.165) is 19.0 Å². The van der Waals surface area contributed by atoms with Crippen molar-refractivity contribution in [3.05, 3.63) is 0 Å². The number of aliphatic imine (C=N–C) groups is 1. The molecule has 0 saturated carbocycles. The molecule has 0 aromatic heterocycles. The largest absolute Gasteiger partial charge is 0.357 e. The molecule has 94 valence electrons. The van der Waals surface area contributed by atoms with Crippen LogP contribution in [-0.4, -0.2) is 38.0 Å². The molecule has 1 amide bonds. The molecule has 0 aromatic carbocycles. The van der Waals surface area contributed by atoms with Crippen molar-refractivity contribution in [1.29, 1.82) is 0 Å². The molecule has 0 spiro atoms. The van der Waals surface area contributed by atoms with Gasteiger partial charge in [-0.2, -0.15) is 0 Å². The maximum atomic E-state index is 10.6. The highest BCUT2D eigenvalue weighted by atomic mass is 16.1. The first kappa shape index (κ1) is 14.7. The van der Waals surface area contributed by atoms with E-state index in [1.807, 2.05) is 6.92 Å². The van der Waals surface area contributed by atoms with Crippen molar-refractivity contribution in [2.24, 2.45) is 10.9 Å². The Bertz CT molecular complexity index is 226. The van der Waals surface area contributed by atoms with Crippen molar-refractivity contribution < 1.29 is 4.79 Å². The van der Waals surface area contributed by atoms with Crippen LogP contribution >= 0.6 is 0 Å². The molecular weight excluding hydrogens is 204 g/mol. The third-order valence-electron chi connectivity index (χ3n) is 1.75. The van der Waals surface area contributed by atoms with E-state index in [0.29, 0.717) is 19.0 Å². The highest BCUT2D eigenvalue weighted by Gasteiger charge is 1.97. The number of rotatable bonds is 6. The van der Waals surface area contributed by atoms with Gasteiger partial charge in [0, 0.05) is 33.1 Å². The molecule has 0 fully saturated rings. The molecule has 0 rings (SSSR count). The molecule has 0 atom stereocenters. The van der Waals surface area contributed by atoms with Crippen LogP contribution in [0.3, 0.4) is 0 Å². The highest BCUT2D eigenvalue weighted by molar-refractivity contribution is 5.79. The fraction of sp³-hybridized carbons (Fsp3) is 0.818. The van der Waals surface area contributed by atoms with Crippen molar-refractivity contribution >= 4 is 11.9 Å². The summed E-state index contributed by atoms with van der Waals surface area (Å²) in [6, 6.07) is 0. The number of amides is 1. The van der Waals surface area contributed by atoms with E-state index in [1.165, 1.54) is 6.92 Å². The first-order valence-corrected chi connectivity index (χ1v) is 5.82. The predicted octanol–water partition coefficient (Wildman–Crippen LogP) is 0.334. The van der Waals surface area contributed by atoms with Crippen molar-refractivity contribution in [3.63, 3.8) is 0 Å². The second-order valence-electron chi connectivity index (χ2n) is 4.02. The molecule has 0 aliphatic heterocycles. The fourth-order valence-corrected chi connectivity index (χ4v) is 1.04. The summed E-state index contributed by atoms with van der Waals surface area (Å²) in [5, 5.41) is 9.03. The van der Waals surface area contributed by atoms with E-state index < -0.39 is 0 Å². The quantitative estimate of drug-likeness (QED) is 0.349. The van der Waals surface area contributed by atoms with E-state index in [1.54, 1.807) is 0 Å². The van der Waals surface area contributed by atoms with E-state index in [-0.39, 0.29) is 5.91 Å². The van der Waals surface area contributed by atoms with Crippen LogP contribution in [0.4, 0.5) is 0 Å². The highest BCUT2D eigenvalue weighted by Crippen LogP contribution is 1.90. The molecule has 0 radical (unpaired) electrons. The molecule has 0 heterocycles. The standard InChI is InChI=1S/C11H24N4O/c1-5-12-11(15-8-9(2)3)14-7-6-13-10(4)16/h9H,5-8H2,1-4H3,(H,13,16)(H2,12,14,15). The topological polar surface area (TPSA) is 65.5 Å². The molecule has 0 unspecified atom stereocenters. The smallest absolute Gasteiger partial charge is 0.216 e. The normalized spacial score (nSPS) is 11.4. The predicted molar refractivity (Wildman–Crippen MR) is 67.5 cm³/mol.